The van der Waals surface area contributed by atoms with Gasteiger partial charge >= 0.3 is 6.09 Å². The molecule has 2 heterocycles. The Hall–Kier alpha value is -3.94. The van der Waals surface area contributed by atoms with Crippen molar-refractivity contribution >= 4 is 29.7 Å². The van der Waals surface area contributed by atoms with Crippen LogP contribution in [0, 0.1) is 17.8 Å². The summed E-state index contributed by atoms with van der Waals surface area (Å²) in [6, 6.07) is 12.0. The predicted octanol–water partition coefficient (Wildman–Crippen LogP) is 7.76. The first-order valence-corrected chi connectivity index (χ1v) is 20.4. The van der Waals surface area contributed by atoms with E-state index < -0.39 is 30.1 Å². The van der Waals surface area contributed by atoms with E-state index in [4.69, 9.17) is 45.3 Å². The Bertz CT molecular complexity index is 1710. The second kappa shape index (κ2) is 20.0. The SMILES string of the molecule is C=CCO[C@@]12Oc3ccc(Oc4cccc(C=O)c4)cc3[C@H]3[C@H](CCCCO)[C@@H](CCCCO)C=C(C(=NOC4CCCCO4)C[C@@H]1N(C)C(=O)OCCCl)[C@H]32. The van der Waals surface area contributed by atoms with Gasteiger partial charge in [0.25, 0.3) is 0 Å². The largest absolute Gasteiger partial charge is 0.459 e. The smallest absolute Gasteiger partial charge is 0.410 e. The van der Waals surface area contributed by atoms with Crippen molar-refractivity contribution in [1.82, 2.24) is 4.90 Å². The van der Waals surface area contributed by atoms with Gasteiger partial charge in [0, 0.05) is 50.1 Å². The topological polar surface area (TPSA) is 146 Å². The van der Waals surface area contributed by atoms with E-state index in [-0.39, 0.29) is 56.5 Å². The van der Waals surface area contributed by atoms with Crippen LogP contribution in [0.3, 0.4) is 0 Å². The number of fused-ring (bicyclic) bond motifs is 2. The third-order valence-electron chi connectivity index (χ3n) is 11.4. The molecule has 12 nitrogen and oxygen atoms in total. The van der Waals surface area contributed by atoms with Gasteiger partial charge in [-0.25, -0.2) is 4.79 Å². The lowest BCUT2D eigenvalue weighted by molar-refractivity contribution is -0.254. The molecule has 2 aliphatic heterocycles. The van der Waals surface area contributed by atoms with Gasteiger partial charge in [-0.05, 0) is 86.3 Å². The molecule has 1 amide bonds. The average Bonchev–Trinajstić information content (AvgIpc) is 3.22. The third kappa shape index (κ3) is 9.26. The number of aldehydes is 1. The van der Waals surface area contributed by atoms with Crippen molar-refractivity contribution < 1.29 is 48.3 Å². The van der Waals surface area contributed by atoms with E-state index in [1.54, 1.807) is 37.4 Å². The van der Waals surface area contributed by atoms with Gasteiger partial charge in [-0.15, -0.1) is 18.2 Å². The number of hydrogen-bond acceptors (Lipinski definition) is 11. The van der Waals surface area contributed by atoms with Crippen LogP contribution in [0.25, 0.3) is 0 Å². The van der Waals surface area contributed by atoms with E-state index in [0.29, 0.717) is 54.4 Å². The van der Waals surface area contributed by atoms with Gasteiger partial charge in [0.2, 0.25) is 12.1 Å². The molecule has 4 aliphatic rings. The molecule has 13 heteroatoms. The number of aliphatic hydroxyl groups excluding tert-OH is 2. The highest BCUT2D eigenvalue weighted by atomic mass is 35.5. The minimum absolute atomic E-state index is 0.0307. The zero-order chi connectivity index (χ0) is 39.5. The number of oxime groups is 1. The molecule has 1 saturated carbocycles. The first-order chi connectivity index (χ1) is 27.4. The fourth-order valence-electron chi connectivity index (χ4n) is 8.85. The highest BCUT2D eigenvalue weighted by molar-refractivity contribution is 6.18. The molecule has 0 radical (unpaired) electrons. The predicted molar refractivity (Wildman–Crippen MR) is 211 cm³/mol. The monoisotopic (exact) mass is 794 g/mol. The quantitative estimate of drug-likeness (QED) is 0.0476. The van der Waals surface area contributed by atoms with Crippen molar-refractivity contribution in [3.63, 3.8) is 0 Å². The zero-order valence-corrected chi connectivity index (χ0v) is 32.9. The van der Waals surface area contributed by atoms with E-state index in [9.17, 15) is 19.8 Å². The summed E-state index contributed by atoms with van der Waals surface area (Å²) < 4.78 is 31.9. The lowest BCUT2D eigenvalue weighted by Gasteiger charge is -2.59. The molecule has 1 unspecified atom stereocenters. The minimum atomic E-state index is -1.42. The Morgan fingerprint density at radius 1 is 1.09 bits per heavy atom. The number of likely N-dealkylation sites (N-methyl/N-ethyl adjacent to an activating group) is 1. The molecule has 2 aromatic rings. The average molecular weight is 795 g/mol. The van der Waals surface area contributed by atoms with Crippen molar-refractivity contribution in [2.45, 2.75) is 88.2 Å². The fraction of sp³-hybridized carbons (Fsp3) is 0.558. The summed E-state index contributed by atoms with van der Waals surface area (Å²) in [6.07, 6.45) is 11.1. The molecule has 0 bridgehead atoms. The molecule has 2 aliphatic carbocycles. The van der Waals surface area contributed by atoms with Crippen molar-refractivity contribution in [3.05, 3.63) is 77.9 Å². The van der Waals surface area contributed by atoms with Crippen LogP contribution >= 0.6 is 11.6 Å². The Morgan fingerprint density at radius 3 is 2.62 bits per heavy atom. The maximum absolute atomic E-state index is 13.7. The van der Waals surface area contributed by atoms with Crippen LogP contribution < -0.4 is 9.47 Å². The Balaban J connectivity index is 1.55. The van der Waals surface area contributed by atoms with Gasteiger partial charge in [-0.2, -0.15) is 0 Å². The lowest BCUT2D eigenvalue weighted by atomic mass is 9.55. The van der Waals surface area contributed by atoms with Crippen molar-refractivity contribution in [3.8, 4) is 17.2 Å². The normalized spacial score (nSPS) is 27.2. The van der Waals surface area contributed by atoms with Gasteiger partial charge in [0.05, 0.1) is 30.7 Å². The first kappa shape index (κ1) is 41.7. The number of alkyl halides is 1. The number of amides is 1. The molecule has 304 valence electrons. The summed E-state index contributed by atoms with van der Waals surface area (Å²) in [5.74, 6) is -0.232. The summed E-state index contributed by atoms with van der Waals surface area (Å²) in [6.45, 7) is 4.90. The zero-order valence-electron chi connectivity index (χ0n) is 32.2. The maximum atomic E-state index is 13.7. The highest BCUT2D eigenvalue weighted by Gasteiger charge is 2.65. The number of benzene rings is 2. The number of allylic oxidation sites excluding steroid dienone is 1. The molecule has 2 aromatic carbocycles. The number of nitrogens with zero attached hydrogens (tertiary/aromatic N) is 2. The first-order valence-electron chi connectivity index (χ1n) is 19.9. The molecule has 2 fully saturated rings. The van der Waals surface area contributed by atoms with Crippen LogP contribution in [0.15, 0.2) is 71.9 Å². The van der Waals surface area contributed by atoms with E-state index in [1.807, 2.05) is 18.2 Å². The van der Waals surface area contributed by atoms with Crippen LogP contribution in [0.5, 0.6) is 17.2 Å². The van der Waals surface area contributed by atoms with Crippen LogP contribution in [0.2, 0.25) is 0 Å². The second-order valence-electron chi connectivity index (χ2n) is 14.9. The highest BCUT2D eigenvalue weighted by Crippen LogP contribution is 2.62. The van der Waals surface area contributed by atoms with Gasteiger partial charge in [-0.3, -0.25) is 4.79 Å². The molecular weight excluding hydrogens is 740 g/mol. The van der Waals surface area contributed by atoms with Gasteiger partial charge in [-0.1, -0.05) is 42.3 Å². The summed E-state index contributed by atoms with van der Waals surface area (Å²) >= 11 is 5.94. The molecule has 1 saturated heterocycles. The summed E-state index contributed by atoms with van der Waals surface area (Å²) in [4.78, 5) is 33.0. The van der Waals surface area contributed by atoms with E-state index >= 15 is 0 Å². The lowest BCUT2D eigenvalue weighted by Crippen LogP contribution is -2.69. The number of ether oxygens (including phenoxy) is 5. The number of rotatable bonds is 19. The van der Waals surface area contributed by atoms with Crippen LogP contribution in [-0.4, -0.2) is 97.3 Å². The fourth-order valence-corrected chi connectivity index (χ4v) is 8.93. The Labute approximate surface area is 334 Å². The molecule has 0 aromatic heterocycles. The summed E-state index contributed by atoms with van der Waals surface area (Å²) in [7, 11) is 1.68. The van der Waals surface area contributed by atoms with E-state index in [0.717, 1.165) is 55.9 Å². The standard InChI is InChI=1S/C43H55ClN2O10/c1-3-21-53-43-38(46(2)42(50)52-23-18-44)27-36(45-56-39-15-6-9-22-51-39)34-25-30(12-4-7-19-47)33(14-5-8-20-48)40(41(34)43)35-26-32(16-17-37(35)55-43)54-31-13-10-11-29(24-31)28-49/h3,10-11,13,16-17,24-26,28,30,33,38-41,47-48H,1,4-9,12,14-15,18-23,27H2,2H3/t30-,33+,38-,39?,40+,41+,43+/m0/s1. The third-order valence-corrected chi connectivity index (χ3v) is 11.5. The number of halogens is 1. The van der Waals surface area contributed by atoms with E-state index in [2.05, 4.69) is 12.7 Å². The van der Waals surface area contributed by atoms with E-state index in [1.165, 1.54) is 4.90 Å². The van der Waals surface area contributed by atoms with Crippen molar-refractivity contribution in [2.24, 2.45) is 22.9 Å². The van der Waals surface area contributed by atoms with Crippen molar-refractivity contribution in [2.75, 3.05) is 46.0 Å². The van der Waals surface area contributed by atoms with Crippen LogP contribution in [0.1, 0.15) is 86.0 Å². The Kier molecular flexibility index (Phi) is 14.9. The maximum Gasteiger partial charge on any atom is 0.410 e. The van der Waals surface area contributed by atoms with Crippen LogP contribution in [0.4, 0.5) is 4.79 Å². The molecular formula is C43H55ClN2O10. The molecule has 0 spiro atoms. The summed E-state index contributed by atoms with van der Waals surface area (Å²) in [5, 5.41) is 24.5. The number of hydrogen-bond donors (Lipinski definition) is 2. The molecule has 7 atom stereocenters. The molecule has 6 rings (SSSR count). The number of carbonyl (C=O) groups is 2. The minimum Gasteiger partial charge on any atom is -0.459 e. The van der Waals surface area contributed by atoms with Crippen molar-refractivity contribution in [1.29, 1.82) is 0 Å². The van der Waals surface area contributed by atoms with Gasteiger partial charge < -0.3 is 43.6 Å². The van der Waals surface area contributed by atoms with Gasteiger partial charge in [0.1, 0.15) is 36.2 Å². The second-order valence-corrected chi connectivity index (χ2v) is 15.3. The molecule has 2 N–H and O–H groups in total. The molecule has 56 heavy (non-hydrogen) atoms. The Morgan fingerprint density at radius 2 is 1.89 bits per heavy atom. The van der Waals surface area contributed by atoms with Crippen LogP contribution in [-0.2, 0) is 19.0 Å². The number of aliphatic hydroxyl groups is 2. The number of carbonyl (C=O) groups excluding carboxylic acids is 2. The summed E-state index contributed by atoms with van der Waals surface area (Å²) in [5.41, 5.74) is 2.99. The van der Waals surface area contributed by atoms with Gasteiger partial charge in [0.15, 0.2) is 0 Å². The number of unbranched alkanes of at least 4 members (excludes halogenated alkanes) is 2.